The lowest BCUT2D eigenvalue weighted by Gasteiger charge is -2.31. The third-order valence-electron chi connectivity index (χ3n) is 5.79. The molecule has 29 heavy (non-hydrogen) atoms. The lowest BCUT2D eigenvalue weighted by molar-refractivity contribution is -0.135. The molecule has 0 aromatic heterocycles. The molecule has 4 rings (SSSR count). The summed E-state index contributed by atoms with van der Waals surface area (Å²) in [5, 5.41) is 0. The third-order valence-corrected chi connectivity index (χ3v) is 5.79. The van der Waals surface area contributed by atoms with Crippen LogP contribution in [0.3, 0.4) is 0 Å². The molecule has 0 spiro atoms. The second-order valence-corrected chi connectivity index (χ2v) is 8.13. The first-order valence-corrected chi connectivity index (χ1v) is 10.6. The number of ether oxygens (including phenoxy) is 2. The lowest BCUT2D eigenvalue weighted by atomic mass is 10.0. The minimum atomic E-state index is 0.165. The van der Waals surface area contributed by atoms with Crippen LogP contribution in [0.5, 0.6) is 11.5 Å². The van der Waals surface area contributed by atoms with Crippen molar-refractivity contribution in [1.82, 2.24) is 9.80 Å². The predicted molar refractivity (Wildman–Crippen MR) is 113 cm³/mol. The van der Waals surface area contributed by atoms with Crippen molar-refractivity contribution in [3.63, 3.8) is 0 Å². The standard InChI is InChI=1S/C24H30N2O3/c1-18(2)26(16-19-7-4-3-5-8-19)24(27)17-25-12-6-9-21(25)20-10-11-22-23(15-20)29-14-13-28-22/h3-5,7-8,10-11,15,18,21H,6,9,12-14,16-17H2,1-2H3. The highest BCUT2D eigenvalue weighted by atomic mass is 16.6. The summed E-state index contributed by atoms with van der Waals surface area (Å²) in [5.41, 5.74) is 2.37. The summed E-state index contributed by atoms with van der Waals surface area (Å²) in [4.78, 5) is 17.5. The summed E-state index contributed by atoms with van der Waals surface area (Å²) in [6.45, 7) is 7.41. The van der Waals surface area contributed by atoms with E-state index >= 15 is 0 Å². The van der Waals surface area contributed by atoms with Crippen LogP contribution in [0.1, 0.15) is 43.9 Å². The molecule has 1 unspecified atom stereocenters. The number of carbonyl (C=O) groups is 1. The number of hydrogen-bond donors (Lipinski definition) is 0. The quantitative estimate of drug-likeness (QED) is 0.742. The maximum absolute atomic E-state index is 13.2. The summed E-state index contributed by atoms with van der Waals surface area (Å²) >= 11 is 0. The van der Waals surface area contributed by atoms with Crippen molar-refractivity contribution in [2.24, 2.45) is 0 Å². The zero-order valence-corrected chi connectivity index (χ0v) is 17.3. The van der Waals surface area contributed by atoms with Gasteiger partial charge in [-0.15, -0.1) is 0 Å². The van der Waals surface area contributed by atoms with Crippen molar-refractivity contribution in [2.45, 2.75) is 45.3 Å². The first kappa shape index (κ1) is 19.8. The van der Waals surface area contributed by atoms with Crippen LogP contribution in [0, 0.1) is 0 Å². The van der Waals surface area contributed by atoms with Crippen LogP contribution in [-0.2, 0) is 11.3 Å². The van der Waals surface area contributed by atoms with E-state index in [2.05, 4.69) is 43.0 Å². The van der Waals surface area contributed by atoms with Gasteiger partial charge in [-0.05, 0) is 56.5 Å². The highest BCUT2D eigenvalue weighted by Crippen LogP contribution is 2.38. The maximum Gasteiger partial charge on any atom is 0.237 e. The van der Waals surface area contributed by atoms with Crippen LogP contribution < -0.4 is 9.47 Å². The molecule has 2 aliphatic rings. The predicted octanol–water partition coefficient (Wildman–Crippen LogP) is 4.03. The molecule has 2 aliphatic heterocycles. The van der Waals surface area contributed by atoms with E-state index in [4.69, 9.17) is 9.47 Å². The number of amides is 1. The molecule has 1 fully saturated rings. The maximum atomic E-state index is 13.2. The molecule has 0 N–H and O–H groups in total. The fourth-order valence-corrected chi connectivity index (χ4v) is 4.26. The van der Waals surface area contributed by atoms with Crippen LogP contribution in [0.15, 0.2) is 48.5 Å². The summed E-state index contributed by atoms with van der Waals surface area (Å²) in [5.74, 6) is 1.82. The number of rotatable bonds is 6. The molecule has 0 saturated carbocycles. The van der Waals surface area contributed by atoms with Crippen LogP contribution >= 0.6 is 0 Å². The van der Waals surface area contributed by atoms with Gasteiger partial charge in [-0.2, -0.15) is 0 Å². The fraction of sp³-hybridized carbons (Fsp3) is 0.458. The molecule has 5 nitrogen and oxygen atoms in total. The lowest BCUT2D eigenvalue weighted by Crippen LogP contribution is -2.43. The van der Waals surface area contributed by atoms with Gasteiger partial charge in [0.1, 0.15) is 13.2 Å². The molecular weight excluding hydrogens is 364 g/mol. The van der Waals surface area contributed by atoms with E-state index in [9.17, 15) is 4.79 Å². The van der Waals surface area contributed by atoms with Crippen molar-refractivity contribution in [3.05, 3.63) is 59.7 Å². The molecule has 0 aliphatic carbocycles. The van der Waals surface area contributed by atoms with Gasteiger partial charge in [0.25, 0.3) is 0 Å². The molecule has 2 heterocycles. The summed E-state index contributed by atoms with van der Waals surface area (Å²) in [6, 6.07) is 16.8. The van der Waals surface area contributed by atoms with Crippen molar-refractivity contribution in [2.75, 3.05) is 26.3 Å². The van der Waals surface area contributed by atoms with Gasteiger partial charge in [-0.25, -0.2) is 0 Å². The molecule has 2 aromatic carbocycles. The van der Waals surface area contributed by atoms with Gasteiger partial charge in [0.05, 0.1) is 6.54 Å². The first-order valence-electron chi connectivity index (χ1n) is 10.6. The SMILES string of the molecule is CC(C)N(Cc1ccccc1)C(=O)CN1CCCC1c1ccc2c(c1)OCCO2. The number of nitrogens with zero attached hydrogens (tertiary/aromatic N) is 2. The number of likely N-dealkylation sites (tertiary alicyclic amines) is 1. The molecule has 1 saturated heterocycles. The Kier molecular flexibility index (Phi) is 6.05. The number of carbonyl (C=O) groups excluding carboxylic acids is 1. The summed E-state index contributed by atoms with van der Waals surface area (Å²) < 4.78 is 11.4. The van der Waals surface area contributed by atoms with Crippen LogP contribution in [0.25, 0.3) is 0 Å². The summed E-state index contributed by atoms with van der Waals surface area (Å²) in [7, 11) is 0. The third kappa shape index (κ3) is 4.56. The Bertz CT molecular complexity index is 837. The highest BCUT2D eigenvalue weighted by molar-refractivity contribution is 5.78. The zero-order valence-electron chi connectivity index (χ0n) is 17.3. The number of fused-ring (bicyclic) bond motifs is 1. The van der Waals surface area contributed by atoms with E-state index in [1.165, 1.54) is 11.1 Å². The van der Waals surface area contributed by atoms with E-state index in [-0.39, 0.29) is 18.0 Å². The molecule has 1 atom stereocenters. The minimum Gasteiger partial charge on any atom is -0.486 e. The Morgan fingerprint density at radius 2 is 1.86 bits per heavy atom. The molecule has 2 aromatic rings. The monoisotopic (exact) mass is 394 g/mol. The van der Waals surface area contributed by atoms with Crippen molar-refractivity contribution >= 4 is 5.91 Å². The van der Waals surface area contributed by atoms with Crippen LogP contribution in [0.2, 0.25) is 0 Å². The molecule has 5 heteroatoms. The number of benzene rings is 2. The van der Waals surface area contributed by atoms with E-state index in [0.29, 0.717) is 26.3 Å². The van der Waals surface area contributed by atoms with Gasteiger partial charge < -0.3 is 14.4 Å². The number of hydrogen-bond acceptors (Lipinski definition) is 4. The average Bonchev–Trinajstić information content (AvgIpc) is 3.20. The van der Waals surface area contributed by atoms with Crippen molar-refractivity contribution in [1.29, 1.82) is 0 Å². The highest BCUT2D eigenvalue weighted by Gasteiger charge is 2.30. The first-order chi connectivity index (χ1) is 14.1. The largest absolute Gasteiger partial charge is 0.486 e. The second-order valence-electron chi connectivity index (χ2n) is 8.13. The summed E-state index contributed by atoms with van der Waals surface area (Å²) in [6.07, 6.45) is 2.17. The van der Waals surface area contributed by atoms with Crippen LogP contribution in [-0.4, -0.2) is 48.1 Å². The molecule has 1 amide bonds. The van der Waals surface area contributed by atoms with Gasteiger partial charge >= 0.3 is 0 Å². The Hall–Kier alpha value is -2.53. The van der Waals surface area contributed by atoms with E-state index in [1.54, 1.807) is 0 Å². The molecule has 0 radical (unpaired) electrons. The molecular formula is C24H30N2O3. The minimum absolute atomic E-state index is 0.165. The van der Waals surface area contributed by atoms with Gasteiger partial charge in [-0.1, -0.05) is 36.4 Å². The normalized spacial score (nSPS) is 18.8. The van der Waals surface area contributed by atoms with E-state index in [0.717, 1.165) is 30.9 Å². The smallest absolute Gasteiger partial charge is 0.237 e. The van der Waals surface area contributed by atoms with Crippen LogP contribution in [0.4, 0.5) is 0 Å². The zero-order chi connectivity index (χ0) is 20.2. The average molecular weight is 395 g/mol. The van der Waals surface area contributed by atoms with E-state index < -0.39 is 0 Å². The van der Waals surface area contributed by atoms with E-state index in [1.807, 2.05) is 29.2 Å². The Morgan fingerprint density at radius 3 is 2.62 bits per heavy atom. The Labute approximate surface area is 173 Å². The molecule has 154 valence electrons. The van der Waals surface area contributed by atoms with Gasteiger partial charge in [-0.3, -0.25) is 9.69 Å². The molecule has 0 bridgehead atoms. The van der Waals surface area contributed by atoms with Gasteiger partial charge in [0, 0.05) is 18.6 Å². The van der Waals surface area contributed by atoms with Crippen molar-refractivity contribution < 1.29 is 14.3 Å². The second kappa shape index (κ2) is 8.87. The Morgan fingerprint density at radius 1 is 1.10 bits per heavy atom. The fourth-order valence-electron chi connectivity index (χ4n) is 4.26. The van der Waals surface area contributed by atoms with Crippen molar-refractivity contribution in [3.8, 4) is 11.5 Å². The van der Waals surface area contributed by atoms with Gasteiger partial charge in [0.2, 0.25) is 5.91 Å². The topological polar surface area (TPSA) is 42.0 Å². The van der Waals surface area contributed by atoms with Gasteiger partial charge in [0.15, 0.2) is 11.5 Å². The Balaban J connectivity index is 1.46.